The van der Waals surface area contributed by atoms with Gasteiger partial charge in [0.05, 0.1) is 17.5 Å². The van der Waals surface area contributed by atoms with E-state index < -0.39 is 34.7 Å². The van der Waals surface area contributed by atoms with Gasteiger partial charge in [-0.15, -0.1) is 11.8 Å². The predicted molar refractivity (Wildman–Crippen MR) is 80.8 cm³/mol. The zero-order valence-corrected chi connectivity index (χ0v) is 13.3. The highest BCUT2D eigenvalue weighted by Gasteiger charge is 2.73. The molecule has 1 aromatic carbocycles. The Labute approximate surface area is 135 Å². The van der Waals surface area contributed by atoms with Gasteiger partial charge in [0, 0.05) is 6.54 Å². The molecule has 1 aromatic rings. The molecule has 0 radical (unpaired) electrons. The van der Waals surface area contributed by atoms with Crippen molar-refractivity contribution in [3.63, 3.8) is 0 Å². The van der Waals surface area contributed by atoms with Crippen LogP contribution in [0.2, 0.25) is 0 Å². The van der Waals surface area contributed by atoms with E-state index in [-0.39, 0.29) is 6.54 Å². The zero-order chi connectivity index (χ0) is 17.0. The minimum absolute atomic E-state index is 0.0844. The fraction of sp³-hybridized carbons (Fsp3) is 0.467. The molecule has 0 spiro atoms. The number of benzene rings is 1. The summed E-state index contributed by atoms with van der Waals surface area (Å²) in [4.78, 5) is 24.9. The van der Waals surface area contributed by atoms with Crippen LogP contribution in [0.15, 0.2) is 30.3 Å². The molecule has 124 valence electrons. The van der Waals surface area contributed by atoms with Crippen molar-refractivity contribution >= 4 is 29.3 Å². The molecule has 2 aliphatic rings. The van der Waals surface area contributed by atoms with Gasteiger partial charge < -0.3 is 0 Å². The van der Waals surface area contributed by atoms with Gasteiger partial charge in [-0.2, -0.15) is 13.2 Å². The fourth-order valence-corrected chi connectivity index (χ4v) is 4.78. The topological polar surface area (TPSA) is 40.6 Å². The Bertz CT molecular complexity index is 652. The van der Waals surface area contributed by atoms with Crippen molar-refractivity contribution in [1.29, 1.82) is 0 Å². The number of likely N-dealkylation sites (tertiary alicyclic amines) is 1. The van der Waals surface area contributed by atoms with Gasteiger partial charge in [-0.3, -0.25) is 14.5 Å². The summed E-state index contributed by atoms with van der Waals surface area (Å²) < 4.78 is 41.4. The Morgan fingerprint density at radius 1 is 1.17 bits per heavy atom. The van der Waals surface area contributed by atoms with Gasteiger partial charge >= 0.3 is 6.18 Å². The number of fused-ring (bicyclic) bond motifs is 1. The van der Waals surface area contributed by atoms with E-state index in [1.54, 1.807) is 30.3 Å². The highest BCUT2D eigenvalue weighted by atomic mass is 32.2. The number of para-hydroxylation sites is 1. The van der Waals surface area contributed by atoms with Gasteiger partial charge in [-0.05, 0) is 25.4 Å². The molecule has 2 amide bonds. The number of anilines is 1. The minimum atomic E-state index is -4.62. The molecule has 0 aromatic heterocycles. The van der Waals surface area contributed by atoms with E-state index in [4.69, 9.17) is 0 Å². The summed E-state index contributed by atoms with van der Waals surface area (Å²) >= 11 is 0.576. The lowest BCUT2D eigenvalue weighted by Gasteiger charge is -2.39. The number of hydrogen-bond acceptors (Lipinski definition) is 4. The average Bonchev–Trinajstić information content (AvgIpc) is 2.92. The second-order valence-corrected chi connectivity index (χ2v) is 6.74. The van der Waals surface area contributed by atoms with Crippen LogP contribution < -0.4 is 4.90 Å². The van der Waals surface area contributed by atoms with Gasteiger partial charge in [0.2, 0.25) is 11.8 Å². The third-order valence-corrected chi connectivity index (χ3v) is 6.04. The zero-order valence-electron chi connectivity index (χ0n) is 12.5. The quantitative estimate of drug-likeness (QED) is 0.773. The molecule has 4 nitrogen and oxygen atoms in total. The highest BCUT2D eigenvalue weighted by Crippen LogP contribution is 2.57. The van der Waals surface area contributed by atoms with E-state index in [1.807, 2.05) is 0 Å². The van der Waals surface area contributed by atoms with Gasteiger partial charge in [0.15, 0.2) is 4.87 Å². The molecule has 0 bridgehead atoms. The average molecular weight is 344 g/mol. The van der Waals surface area contributed by atoms with E-state index in [1.165, 1.54) is 13.3 Å². The third-order valence-electron chi connectivity index (χ3n) is 4.62. The first-order valence-electron chi connectivity index (χ1n) is 7.01. The van der Waals surface area contributed by atoms with Crippen molar-refractivity contribution in [1.82, 2.24) is 4.90 Å². The number of carbonyl (C=O) groups excluding carboxylic acids is 2. The summed E-state index contributed by atoms with van der Waals surface area (Å²) in [6.07, 6.45) is -3.29. The highest BCUT2D eigenvalue weighted by molar-refractivity contribution is 8.00. The summed E-state index contributed by atoms with van der Waals surface area (Å²) in [5, 5.41) is 0. The number of halogens is 3. The summed E-state index contributed by atoms with van der Waals surface area (Å²) in [7, 11) is 1.32. The maximum atomic E-state index is 13.8. The van der Waals surface area contributed by atoms with Crippen molar-refractivity contribution in [2.45, 2.75) is 11.0 Å². The maximum absolute atomic E-state index is 13.8. The normalized spacial score (nSPS) is 31.8. The molecule has 3 rings (SSSR count). The van der Waals surface area contributed by atoms with Crippen LogP contribution in [0.5, 0.6) is 0 Å². The van der Waals surface area contributed by atoms with Crippen LogP contribution in [0, 0.1) is 11.8 Å². The van der Waals surface area contributed by atoms with E-state index in [0.29, 0.717) is 17.4 Å². The monoisotopic (exact) mass is 344 g/mol. The SMILES string of the molecule is CS[C@@]1(C(F)(F)F)[C@@H]2C(=O)N(c3ccccc3)C(=O)[C@@H]2CN1C. The van der Waals surface area contributed by atoms with E-state index in [0.717, 1.165) is 9.80 Å². The minimum Gasteiger partial charge on any atom is -0.283 e. The summed E-state index contributed by atoms with van der Waals surface area (Å²) in [5.41, 5.74) is 0.316. The molecule has 0 aliphatic carbocycles. The summed E-state index contributed by atoms with van der Waals surface area (Å²) in [5.74, 6) is -3.72. The Morgan fingerprint density at radius 2 is 1.78 bits per heavy atom. The van der Waals surface area contributed by atoms with Crippen LogP contribution in [0.25, 0.3) is 0 Å². The lowest BCUT2D eigenvalue weighted by Crippen LogP contribution is -2.57. The number of imide groups is 1. The first kappa shape index (κ1) is 16.3. The van der Waals surface area contributed by atoms with E-state index >= 15 is 0 Å². The fourth-order valence-electron chi connectivity index (χ4n) is 3.64. The van der Waals surface area contributed by atoms with Gasteiger partial charge in [0.1, 0.15) is 0 Å². The predicted octanol–water partition coefficient (Wildman–Crippen LogP) is 2.36. The number of thioether (sulfide) groups is 1. The Morgan fingerprint density at radius 3 is 2.30 bits per heavy atom. The van der Waals surface area contributed by atoms with Crippen LogP contribution in [-0.2, 0) is 9.59 Å². The summed E-state index contributed by atoms with van der Waals surface area (Å²) in [6, 6.07) is 8.10. The number of rotatable bonds is 2. The summed E-state index contributed by atoms with van der Waals surface area (Å²) in [6.45, 7) is -0.0844. The van der Waals surface area contributed by atoms with Crippen molar-refractivity contribution < 1.29 is 22.8 Å². The molecule has 8 heteroatoms. The van der Waals surface area contributed by atoms with Crippen molar-refractivity contribution in [2.24, 2.45) is 11.8 Å². The molecule has 2 aliphatic heterocycles. The Kier molecular flexibility index (Phi) is 3.72. The van der Waals surface area contributed by atoms with E-state index in [2.05, 4.69) is 0 Å². The van der Waals surface area contributed by atoms with Crippen LogP contribution in [-0.4, -0.2) is 47.6 Å². The molecule has 0 unspecified atom stereocenters. The van der Waals surface area contributed by atoms with Crippen LogP contribution in [0.4, 0.5) is 18.9 Å². The first-order valence-corrected chi connectivity index (χ1v) is 8.24. The molecular formula is C15H15F3N2O2S. The second-order valence-electron chi connectivity index (χ2n) is 5.71. The molecule has 23 heavy (non-hydrogen) atoms. The maximum Gasteiger partial charge on any atom is 0.417 e. The van der Waals surface area contributed by atoms with Crippen LogP contribution in [0.3, 0.4) is 0 Å². The van der Waals surface area contributed by atoms with Crippen molar-refractivity contribution in [3.05, 3.63) is 30.3 Å². The Hall–Kier alpha value is -1.54. The molecule has 2 saturated heterocycles. The molecule has 0 N–H and O–H groups in total. The van der Waals surface area contributed by atoms with Crippen molar-refractivity contribution in [3.8, 4) is 0 Å². The standard InChI is InChI=1S/C15H15F3N2O2S/c1-19-8-10-11(14(19,23-2)15(16,17)18)13(22)20(12(10)21)9-6-4-3-5-7-9/h3-7,10-11H,8H2,1-2H3/t10-,11+,14-/m1/s1. The molecule has 2 fully saturated rings. The number of nitrogens with zero attached hydrogens (tertiary/aromatic N) is 2. The van der Waals surface area contributed by atoms with E-state index in [9.17, 15) is 22.8 Å². The molecule has 0 saturated carbocycles. The Balaban J connectivity index is 2.09. The van der Waals surface area contributed by atoms with Crippen molar-refractivity contribution in [2.75, 3.05) is 24.7 Å². The first-order chi connectivity index (χ1) is 10.8. The smallest absolute Gasteiger partial charge is 0.283 e. The second kappa shape index (κ2) is 5.24. The lowest BCUT2D eigenvalue weighted by atomic mass is 9.92. The molecule has 2 heterocycles. The third kappa shape index (κ3) is 2.04. The molecular weight excluding hydrogens is 329 g/mol. The van der Waals surface area contributed by atoms with Crippen LogP contribution >= 0.6 is 11.8 Å². The number of carbonyl (C=O) groups is 2. The largest absolute Gasteiger partial charge is 0.417 e. The molecule has 3 atom stereocenters. The lowest BCUT2D eigenvalue weighted by molar-refractivity contribution is -0.197. The van der Waals surface area contributed by atoms with Gasteiger partial charge in [-0.1, -0.05) is 18.2 Å². The number of hydrogen-bond donors (Lipinski definition) is 0. The van der Waals surface area contributed by atoms with Gasteiger partial charge in [-0.25, -0.2) is 4.90 Å². The van der Waals surface area contributed by atoms with Gasteiger partial charge in [0.25, 0.3) is 0 Å². The van der Waals surface area contributed by atoms with Crippen LogP contribution in [0.1, 0.15) is 0 Å². The number of alkyl halides is 3. The number of amides is 2.